The molecule has 0 saturated heterocycles. The number of rotatable bonds is 2. The second-order valence-electron chi connectivity index (χ2n) is 5.95. The van der Waals surface area contributed by atoms with Gasteiger partial charge in [-0.05, 0) is 41.7 Å². The minimum atomic E-state index is 0.404. The van der Waals surface area contributed by atoms with Crippen LogP contribution in [-0.2, 0) is 6.42 Å². The van der Waals surface area contributed by atoms with Crippen LogP contribution in [0.1, 0.15) is 24.1 Å². The van der Waals surface area contributed by atoms with Gasteiger partial charge < -0.3 is 10.2 Å². The predicted molar refractivity (Wildman–Crippen MR) is 86.4 cm³/mol. The first kappa shape index (κ1) is 13.0. The van der Waals surface area contributed by atoms with Crippen LogP contribution in [0.5, 0.6) is 0 Å². The summed E-state index contributed by atoms with van der Waals surface area (Å²) in [5.41, 5.74) is 5.34. The summed E-state index contributed by atoms with van der Waals surface area (Å²) in [6, 6.07) is 17.9. The van der Waals surface area contributed by atoms with Crippen LogP contribution in [0.4, 0.5) is 11.4 Å². The van der Waals surface area contributed by atoms with E-state index in [0.29, 0.717) is 12.0 Å². The average Bonchev–Trinajstić information content (AvgIpc) is 2.46. The molecule has 1 N–H and O–H groups in total. The summed E-state index contributed by atoms with van der Waals surface area (Å²) in [5, 5.41) is 3.70. The lowest BCUT2D eigenvalue weighted by Crippen LogP contribution is -2.26. The quantitative estimate of drug-likeness (QED) is 0.880. The van der Waals surface area contributed by atoms with Gasteiger partial charge in [-0.25, -0.2) is 0 Å². The highest BCUT2D eigenvalue weighted by Crippen LogP contribution is 2.36. The van der Waals surface area contributed by atoms with Gasteiger partial charge in [-0.3, -0.25) is 0 Å². The number of anilines is 2. The Morgan fingerprint density at radius 3 is 2.40 bits per heavy atom. The Morgan fingerprint density at radius 2 is 1.70 bits per heavy atom. The van der Waals surface area contributed by atoms with Gasteiger partial charge in [-0.1, -0.05) is 37.3 Å². The second kappa shape index (κ2) is 5.20. The minimum absolute atomic E-state index is 0.404. The SMILES string of the molecule is CC1Cc2ccccc2NC1c1ccc(N(C)C)cc1. The van der Waals surface area contributed by atoms with Gasteiger partial charge in [-0.15, -0.1) is 0 Å². The molecule has 2 heteroatoms. The van der Waals surface area contributed by atoms with Crippen LogP contribution >= 0.6 is 0 Å². The maximum absolute atomic E-state index is 3.70. The maximum Gasteiger partial charge on any atom is 0.0542 e. The monoisotopic (exact) mass is 266 g/mol. The third-order valence-electron chi connectivity index (χ3n) is 4.21. The van der Waals surface area contributed by atoms with Crippen LogP contribution in [0.2, 0.25) is 0 Å². The molecule has 3 rings (SSSR count). The van der Waals surface area contributed by atoms with Crippen molar-refractivity contribution in [3.8, 4) is 0 Å². The normalized spacial score (nSPS) is 20.9. The fourth-order valence-electron chi connectivity index (χ4n) is 3.01. The molecule has 0 amide bonds. The van der Waals surface area contributed by atoms with E-state index in [9.17, 15) is 0 Å². The van der Waals surface area contributed by atoms with E-state index in [2.05, 4.69) is 79.8 Å². The molecule has 1 aliphatic rings. The van der Waals surface area contributed by atoms with Crippen molar-refractivity contribution in [1.29, 1.82) is 0 Å². The lowest BCUT2D eigenvalue weighted by atomic mass is 9.85. The van der Waals surface area contributed by atoms with Gasteiger partial charge in [-0.2, -0.15) is 0 Å². The molecule has 0 fully saturated rings. The zero-order valence-electron chi connectivity index (χ0n) is 12.4. The first-order valence-corrected chi connectivity index (χ1v) is 7.27. The molecule has 2 atom stereocenters. The van der Waals surface area contributed by atoms with Crippen LogP contribution in [0.25, 0.3) is 0 Å². The van der Waals surface area contributed by atoms with Gasteiger partial charge in [0.05, 0.1) is 6.04 Å². The molecule has 2 nitrogen and oxygen atoms in total. The number of hydrogen-bond acceptors (Lipinski definition) is 2. The molecule has 1 heterocycles. The minimum Gasteiger partial charge on any atom is -0.378 e. The summed E-state index contributed by atoms with van der Waals surface area (Å²) >= 11 is 0. The van der Waals surface area contributed by atoms with Crippen LogP contribution in [0.15, 0.2) is 48.5 Å². The molecule has 2 aromatic carbocycles. The first-order chi connectivity index (χ1) is 9.65. The van der Waals surface area contributed by atoms with Crippen LogP contribution in [-0.4, -0.2) is 14.1 Å². The lowest BCUT2D eigenvalue weighted by Gasteiger charge is -2.33. The summed E-state index contributed by atoms with van der Waals surface area (Å²) in [5.74, 6) is 0.607. The van der Waals surface area contributed by atoms with E-state index in [1.807, 2.05) is 0 Å². The van der Waals surface area contributed by atoms with Crippen molar-refractivity contribution in [3.63, 3.8) is 0 Å². The second-order valence-corrected chi connectivity index (χ2v) is 5.95. The zero-order valence-corrected chi connectivity index (χ0v) is 12.4. The van der Waals surface area contributed by atoms with Gasteiger partial charge in [0.2, 0.25) is 0 Å². The van der Waals surface area contributed by atoms with E-state index in [1.165, 1.54) is 22.5 Å². The molecule has 104 valence electrons. The molecular formula is C18H22N2. The molecule has 0 aromatic heterocycles. The van der Waals surface area contributed by atoms with Crippen LogP contribution in [0, 0.1) is 5.92 Å². The summed E-state index contributed by atoms with van der Waals surface area (Å²) < 4.78 is 0. The molecule has 0 spiro atoms. The van der Waals surface area contributed by atoms with Crippen LogP contribution < -0.4 is 10.2 Å². The molecule has 0 radical (unpaired) electrons. The Labute approximate surface area is 121 Å². The predicted octanol–water partition coefficient (Wildman–Crippen LogP) is 4.10. The molecule has 0 aliphatic carbocycles. The molecule has 20 heavy (non-hydrogen) atoms. The topological polar surface area (TPSA) is 15.3 Å². The first-order valence-electron chi connectivity index (χ1n) is 7.27. The highest BCUT2D eigenvalue weighted by Gasteiger charge is 2.25. The lowest BCUT2D eigenvalue weighted by molar-refractivity contribution is 0.479. The van der Waals surface area contributed by atoms with Crippen molar-refractivity contribution in [2.24, 2.45) is 5.92 Å². The summed E-state index contributed by atoms with van der Waals surface area (Å²) in [4.78, 5) is 2.14. The van der Waals surface area contributed by atoms with Crippen LogP contribution in [0.3, 0.4) is 0 Å². The standard InChI is InChI=1S/C18H22N2/c1-13-12-15-6-4-5-7-17(15)19-18(13)14-8-10-16(11-9-14)20(2)3/h4-11,13,18-19H,12H2,1-3H3. The molecule has 2 aromatic rings. The number of hydrogen-bond donors (Lipinski definition) is 1. The maximum atomic E-state index is 3.70. The zero-order chi connectivity index (χ0) is 14.1. The van der Waals surface area contributed by atoms with Gasteiger partial charge in [0.25, 0.3) is 0 Å². The molecule has 0 bridgehead atoms. The number of nitrogens with one attached hydrogen (secondary N) is 1. The van der Waals surface area contributed by atoms with Crippen molar-refractivity contribution in [3.05, 3.63) is 59.7 Å². The Morgan fingerprint density at radius 1 is 1.00 bits per heavy atom. The van der Waals surface area contributed by atoms with Gasteiger partial charge >= 0.3 is 0 Å². The molecule has 1 aliphatic heterocycles. The summed E-state index contributed by atoms with van der Waals surface area (Å²) in [6.45, 7) is 2.33. The molecular weight excluding hydrogens is 244 g/mol. The van der Waals surface area contributed by atoms with Crippen molar-refractivity contribution in [1.82, 2.24) is 0 Å². The molecule has 0 saturated carbocycles. The Bertz CT molecular complexity index is 587. The van der Waals surface area contributed by atoms with Crippen molar-refractivity contribution in [2.45, 2.75) is 19.4 Å². The van der Waals surface area contributed by atoms with E-state index in [4.69, 9.17) is 0 Å². The summed E-state index contributed by atoms with van der Waals surface area (Å²) in [6.07, 6.45) is 1.14. The largest absolute Gasteiger partial charge is 0.378 e. The summed E-state index contributed by atoms with van der Waals surface area (Å²) in [7, 11) is 4.15. The van der Waals surface area contributed by atoms with E-state index >= 15 is 0 Å². The Hall–Kier alpha value is -1.96. The number of nitrogens with zero attached hydrogens (tertiary/aromatic N) is 1. The Kier molecular flexibility index (Phi) is 3.39. The smallest absolute Gasteiger partial charge is 0.0542 e. The van der Waals surface area contributed by atoms with Gasteiger partial charge in [0.1, 0.15) is 0 Å². The third-order valence-corrected chi connectivity index (χ3v) is 4.21. The fraction of sp³-hybridized carbons (Fsp3) is 0.333. The number of benzene rings is 2. The fourth-order valence-corrected chi connectivity index (χ4v) is 3.01. The number of para-hydroxylation sites is 1. The third kappa shape index (κ3) is 2.38. The van der Waals surface area contributed by atoms with Gasteiger partial charge in [0.15, 0.2) is 0 Å². The van der Waals surface area contributed by atoms with E-state index in [1.54, 1.807) is 0 Å². The average molecular weight is 266 g/mol. The van der Waals surface area contributed by atoms with Crippen molar-refractivity contribution < 1.29 is 0 Å². The van der Waals surface area contributed by atoms with Crippen molar-refractivity contribution in [2.75, 3.05) is 24.3 Å². The number of fused-ring (bicyclic) bond motifs is 1. The van der Waals surface area contributed by atoms with E-state index < -0.39 is 0 Å². The van der Waals surface area contributed by atoms with Gasteiger partial charge in [0, 0.05) is 25.5 Å². The highest BCUT2D eigenvalue weighted by molar-refractivity contribution is 5.56. The van der Waals surface area contributed by atoms with E-state index in [-0.39, 0.29) is 0 Å². The van der Waals surface area contributed by atoms with Crippen molar-refractivity contribution >= 4 is 11.4 Å². The molecule has 2 unspecified atom stereocenters. The van der Waals surface area contributed by atoms with E-state index in [0.717, 1.165) is 6.42 Å². The Balaban J connectivity index is 1.87. The highest BCUT2D eigenvalue weighted by atomic mass is 15.1.